The third-order valence-electron chi connectivity index (χ3n) is 4.56. The van der Waals surface area contributed by atoms with E-state index in [1.54, 1.807) is 0 Å². The SMILES string of the molecule is CC1Cc2ccccc2N1CC1(O)CCCN(C)C1. The molecule has 1 saturated heterocycles. The van der Waals surface area contributed by atoms with E-state index in [2.05, 4.69) is 48.0 Å². The number of β-amino-alcohol motifs (C(OH)–C–C–N with tert-alkyl or cyclic N) is 1. The third-order valence-corrected chi connectivity index (χ3v) is 4.56. The summed E-state index contributed by atoms with van der Waals surface area (Å²) >= 11 is 0. The van der Waals surface area contributed by atoms with Crippen LogP contribution in [0.15, 0.2) is 24.3 Å². The molecule has 0 spiro atoms. The van der Waals surface area contributed by atoms with E-state index in [1.165, 1.54) is 11.3 Å². The van der Waals surface area contributed by atoms with E-state index in [0.717, 1.165) is 38.9 Å². The normalized spacial score (nSPS) is 31.5. The maximum atomic E-state index is 10.9. The van der Waals surface area contributed by atoms with Crippen LogP contribution in [0.2, 0.25) is 0 Å². The number of fused-ring (bicyclic) bond motifs is 1. The van der Waals surface area contributed by atoms with Gasteiger partial charge in [-0.3, -0.25) is 0 Å². The molecule has 2 unspecified atom stereocenters. The summed E-state index contributed by atoms with van der Waals surface area (Å²) in [5.41, 5.74) is 2.18. The lowest BCUT2D eigenvalue weighted by atomic mass is 9.92. The summed E-state index contributed by atoms with van der Waals surface area (Å²) in [6.45, 7) is 4.91. The van der Waals surface area contributed by atoms with Gasteiger partial charge in [0.1, 0.15) is 0 Å². The summed E-state index contributed by atoms with van der Waals surface area (Å²) in [4.78, 5) is 4.64. The molecule has 2 heterocycles. The van der Waals surface area contributed by atoms with Crippen molar-refractivity contribution >= 4 is 5.69 Å². The van der Waals surface area contributed by atoms with Crippen LogP contribution in [0, 0.1) is 0 Å². The van der Waals surface area contributed by atoms with Gasteiger partial charge in [-0.25, -0.2) is 0 Å². The first-order chi connectivity index (χ1) is 9.07. The minimum absolute atomic E-state index is 0.494. The Morgan fingerprint density at radius 3 is 2.95 bits per heavy atom. The summed E-state index contributed by atoms with van der Waals surface area (Å²) in [6.07, 6.45) is 3.11. The van der Waals surface area contributed by atoms with Gasteiger partial charge >= 0.3 is 0 Å². The van der Waals surface area contributed by atoms with Crippen LogP contribution in [-0.2, 0) is 6.42 Å². The van der Waals surface area contributed by atoms with E-state index in [9.17, 15) is 5.11 Å². The summed E-state index contributed by atoms with van der Waals surface area (Å²) in [5, 5.41) is 10.9. The molecule has 2 aliphatic heterocycles. The number of benzene rings is 1. The lowest BCUT2D eigenvalue weighted by molar-refractivity contribution is -0.0171. The molecule has 1 N–H and O–H groups in total. The van der Waals surface area contributed by atoms with E-state index < -0.39 is 5.60 Å². The average Bonchev–Trinajstić information content (AvgIpc) is 2.65. The number of likely N-dealkylation sites (tertiary alicyclic amines) is 1. The van der Waals surface area contributed by atoms with Crippen molar-refractivity contribution in [1.29, 1.82) is 0 Å². The first-order valence-electron chi connectivity index (χ1n) is 7.33. The number of nitrogens with zero attached hydrogens (tertiary/aromatic N) is 2. The number of anilines is 1. The molecule has 0 aromatic heterocycles. The highest BCUT2D eigenvalue weighted by atomic mass is 16.3. The maximum Gasteiger partial charge on any atom is 0.0948 e. The molecule has 104 valence electrons. The largest absolute Gasteiger partial charge is 0.387 e. The monoisotopic (exact) mass is 260 g/mol. The number of aliphatic hydroxyl groups is 1. The lowest BCUT2D eigenvalue weighted by Crippen LogP contribution is -2.54. The van der Waals surface area contributed by atoms with Gasteiger partial charge in [0.15, 0.2) is 0 Å². The summed E-state index contributed by atoms with van der Waals surface area (Å²) in [6, 6.07) is 9.10. The van der Waals surface area contributed by atoms with Gasteiger partial charge in [0.2, 0.25) is 0 Å². The molecule has 1 fully saturated rings. The number of hydrogen-bond donors (Lipinski definition) is 1. The molecule has 19 heavy (non-hydrogen) atoms. The molecular formula is C16H24N2O. The van der Waals surface area contributed by atoms with Crippen LogP contribution in [0.1, 0.15) is 25.3 Å². The topological polar surface area (TPSA) is 26.7 Å². The fourth-order valence-corrected chi connectivity index (χ4v) is 3.66. The highest BCUT2D eigenvalue weighted by Gasteiger charge is 2.37. The van der Waals surface area contributed by atoms with Crippen LogP contribution in [0.5, 0.6) is 0 Å². The second-order valence-electron chi connectivity index (χ2n) is 6.38. The van der Waals surface area contributed by atoms with E-state index in [1.807, 2.05) is 0 Å². The van der Waals surface area contributed by atoms with Crippen molar-refractivity contribution in [2.45, 2.75) is 37.8 Å². The summed E-state index contributed by atoms with van der Waals surface area (Å²) in [5.74, 6) is 0. The number of piperidine rings is 1. The van der Waals surface area contributed by atoms with Gasteiger partial charge in [-0.15, -0.1) is 0 Å². The van der Waals surface area contributed by atoms with Crippen molar-refractivity contribution in [2.24, 2.45) is 0 Å². The van der Waals surface area contributed by atoms with Crippen molar-refractivity contribution in [3.63, 3.8) is 0 Å². The molecule has 0 bridgehead atoms. The highest BCUT2D eigenvalue weighted by molar-refractivity contribution is 5.59. The predicted octanol–water partition coefficient (Wildman–Crippen LogP) is 1.89. The standard InChI is InChI=1S/C16H24N2O/c1-13-10-14-6-3-4-7-15(14)18(13)12-16(19)8-5-9-17(2)11-16/h3-4,6-7,13,19H,5,8-12H2,1-2H3. The quantitative estimate of drug-likeness (QED) is 0.880. The Kier molecular flexibility index (Phi) is 3.27. The van der Waals surface area contributed by atoms with E-state index in [-0.39, 0.29) is 0 Å². The predicted molar refractivity (Wildman–Crippen MR) is 78.6 cm³/mol. The smallest absolute Gasteiger partial charge is 0.0948 e. The number of hydrogen-bond acceptors (Lipinski definition) is 3. The Balaban J connectivity index is 1.79. The molecule has 2 aliphatic rings. The summed E-state index contributed by atoms with van der Waals surface area (Å²) in [7, 11) is 2.10. The first-order valence-corrected chi connectivity index (χ1v) is 7.33. The Bertz CT molecular complexity index is 462. The van der Waals surface area contributed by atoms with Crippen LogP contribution in [0.4, 0.5) is 5.69 Å². The van der Waals surface area contributed by atoms with Gasteiger partial charge in [-0.2, -0.15) is 0 Å². The van der Waals surface area contributed by atoms with E-state index in [4.69, 9.17) is 0 Å². The molecule has 0 radical (unpaired) electrons. The molecule has 3 nitrogen and oxygen atoms in total. The Labute approximate surface area is 115 Å². The van der Waals surface area contributed by atoms with Crippen LogP contribution >= 0.6 is 0 Å². The highest BCUT2D eigenvalue weighted by Crippen LogP contribution is 2.34. The van der Waals surface area contributed by atoms with Crippen molar-refractivity contribution in [2.75, 3.05) is 31.6 Å². The zero-order valence-electron chi connectivity index (χ0n) is 12.0. The summed E-state index contributed by atoms with van der Waals surface area (Å²) < 4.78 is 0. The minimum Gasteiger partial charge on any atom is -0.387 e. The Morgan fingerprint density at radius 1 is 1.37 bits per heavy atom. The van der Waals surface area contributed by atoms with Gasteiger partial charge in [-0.1, -0.05) is 18.2 Å². The van der Waals surface area contributed by atoms with Crippen LogP contribution in [0.25, 0.3) is 0 Å². The zero-order valence-corrected chi connectivity index (χ0v) is 12.0. The average molecular weight is 260 g/mol. The Hall–Kier alpha value is -1.06. The first kappa shape index (κ1) is 12.9. The second kappa shape index (κ2) is 4.80. The lowest BCUT2D eigenvalue weighted by Gasteiger charge is -2.41. The van der Waals surface area contributed by atoms with Crippen molar-refractivity contribution < 1.29 is 5.11 Å². The van der Waals surface area contributed by atoms with Gasteiger partial charge in [0.25, 0.3) is 0 Å². The molecule has 0 saturated carbocycles. The van der Waals surface area contributed by atoms with Gasteiger partial charge in [-0.05, 0) is 51.4 Å². The third kappa shape index (κ3) is 2.49. The van der Waals surface area contributed by atoms with Crippen molar-refractivity contribution in [1.82, 2.24) is 4.90 Å². The fourth-order valence-electron chi connectivity index (χ4n) is 3.66. The van der Waals surface area contributed by atoms with Crippen LogP contribution in [-0.4, -0.2) is 48.3 Å². The fraction of sp³-hybridized carbons (Fsp3) is 0.625. The maximum absolute atomic E-state index is 10.9. The molecule has 2 atom stereocenters. The second-order valence-corrected chi connectivity index (χ2v) is 6.38. The molecule has 0 aliphatic carbocycles. The molecular weight excluding hydrogens is 236 g/mol. The van der Waals surface area contributed by atoms with E-state index >= 15 is 0 Å². The molecule has 0 amide bonds. The zero-order chi connectivity index (χ0) is 13.5. The number of rotatable bonds is 2. The van der Waals surface area contributed by atoms with Gasteiger partial charge < -0.3 is 14.9 Å². The van der Waals surface area contributed by atoms with Gasteiger partial charge in [0.05, 0.1) is 5.60 Å². The minimum atomic E-state index is -0.557. The molecule has 3 heteroatoms. The number of likely N-dealkylation sites (N-methyl/N-ethyl adjacent to an activating group) is 1. The number of para-hydroxylation sites is 1. The van der Waals surface area contributed by atoms with Crippen LogP contribution < -0.4 is 4.90 Å². The van der Waals surface area contributed by atoms with E-state index in [0.29, 0.717) is 6.04 Å². The van der Waals surface area contributed by atoms with Crippen LogP contribution in [0.3, 0.4) is 0 Å². The molecule has 1 aromatic rings. The van der Waals surface area contributed by atoms with Crippen molar-refractivity contribution in [3.05, 3.63) is 29.8 Å². The van der Waals surface area contributed by atoms with Gasteiger partial charge in [0, 0.05) is 24.8 Å². The Morgan fingerprint density at radius 2 is 2.16 bits per heavy atom. The molecule has 1 aromatic carbocycles. The molecule has 3 rings (SSSR count). The van der Waals surface area contributed by atoms with Crippen molar-refractivity contribution in [3.8, 4) is 0 Å².